The maximum atomic E-state index is 13.3. The van der Waals surface area contributed by atoms with Crippen LogP contribution < -0.4 is 0 Å². The topological polar surface area (TPSA) is 49.9 Å². The number of hydrogen-bond donors (Lipinski definition) is 0. The Labute approximate surface area is 188 Å². The van der Waals surface area contributed by atoms with E-state index in [2.05, 4.69) is 0 Å². The van der Waals surface area contributed by atoms with Crippen LogP contribution >= 0.6 is 11.3 Å². The molecule has 170 valence electrons. The van der Waals surface area contributed by atoms with Gasteiger partial charge >= 0.3 is 0 Å². The number of carbonyl (C=O) groups excluding carboxylic acids is 2. The average molecular weight is 449 g/mol. The van der Waals surface area contributed by atoms with Gasteiger partial charge in [-0.05, 0) is 54.5 Å². The number of benzene rings is 1. The van der Waals surface area contributed by atoms with E-state index < -0.39 is 0 Å². The predicted molar refractivity (Wildman–Crippen MR) is 122 cm³/mol. The third-order valence-electron chi connectivity index (χ3n) is 5.14. The van der Waals surface area contributed by atoms with Crippen LogP contribution in [0.4, 0.5) is 4.39 Å². The van der Waals surface area contributed by atoms with Crippen LogP contribution in [0.5, 0.6) is 0 Å². The van der Waals surface area contributed by atoms with Gasteiger partial charge in [-0.25, -0.2) is 4.39 Å². The summed E-state index contributed by atoms with van der Waals surface area (Å²) in [5.74, 6) is -0.415. The van der Waals surface area contributed by atoms with Gasteiger partial charge < -0.3 is 14.5 Å². The molecule has 1 heterocycles. The quantitative estimate of drug-likeness (QED) is 0.415. The van der Waals surface area contributed by atoms with Gasteiger partial charge in [0.05, 0.1) is 13.1 Å². The molecule has 0 N–H and O–H groups in total. The van der Waals surface area contributed by atoms with Crippen molar-refractivity contribution in [3.05, 3.63) is 57.5 Å². The van der Waals surface area contributed by atoms with Crippen molar-refractivity contribution in [3.8, 4) is 0 Å². The van der Waals surface area contributed by atoms with Gasteiger partial charge in [0.1, 0.15) is 5.82 Å². The Morgan fingerprint density at radius 3 is 2.39 bits per heavy atom. The van der Waals surface area contributed by atoms with Gasteiger partial charge in [0.15, 0.2) is 0 Å². The van der Waals surface area contributed by atoms with Crippen LogP contribution in [-0.2, 0) is 27.4 Å². The molecule has 31 heavy (non-hydrogen) atoms. The van der Waals surface area contributed by atoms with Gasteiger partial charge in [-0.1, -0.05) is 25.5 Å². The highest BCUT2D eigenvalue weighted by molar-refractivity contribution is 7.10. The monoisotopic (exact) mass is 448 g/mol. The zero-order valence-electron chi connectivity index (χ0n) is 18.7. The number of carbonyl (C=O) groups is 2. The molecule has 0 saturated carbocycles. The van der Waals surface area contributed by atoms with Gasteiger partial charge in [0.25, 0.3) is 0 Å². The SMILES string of the molecule is CCCCC(=O)N(CCCOC)CC(=O)N(Cc1ccc(F)cc1)Cc1sccc1C. The molecule has 5 nitrogen and oxygen atoms in total. The van der Waals surface area contributed by atoms with Crippen molar-refractivity contribution >= 4 is 23.2 Å². The van der Waals surface area contributed by atoms with E-state index in [1.807, 2.05) is 25.3 Å². The summed E-state index contributed by atoms with van der Waals surface area (Å²) < 4.78 is 18.4. The highest BCUT2D eigenvalue weighted by Gasteiger charge is 2.22. The molecule has 2 rings (SSSR count). The average Bonchev–Trinajstić information content (AvgIpc) is 3.16. The van der Waals surface area contributed by atoms with Gasteiger partial charge in [0, 0.05) is 38.1 Å². The van der Waals surface area contributed by atoms with Crippen LogP contribution in [0.1, 0.15) is 48.6 Å². The molecular weight excluding hydrogens is 415 g/mol. The lowest BCUT2D eigenvalue weighted by Crippen LogP contribution is -2.43. The minimum absolute atomic E-state index is 0.000314. The molecule has 7 heteroatoms. The lowest BCUT2D eigenvalue weighted by molar-refractivity contribution is -0.141. The minimum Gasteiger partial charge on any atom is -0.385 e. The lowest BCUT2D eigenvalue weighted by Gasteiger charge is -2.28. The fraction of sp³-hybridized carbons (Fsp3) is 0.500. The van der Waals surface area contributed by atoms with E-state index >= 15 is 0 Å². The first-order valence-electron chi connectivity index (χ1n) is 10.8. The smallest absolute Gasteiger partial charge is 0.242 e. The maximum Gasteiger partial charge on any atom is 0.242 e. The summed E-state index contributed by atoms with van der Waals surface area (Å²) in [4.78, 5) is 30.5. The van der Waals surface area contributed by atoms with Crippen LogP contribution in [-0.4, -0.2) is 48.4 Å². The second-order valence-electron chi connectivity index (χ2n) is 7.67. The molecule has 1 aromatic carbocycles. The van der Waals surface area contributed by atoms with Gasteiger partial charge in [-0.15, -0.1) is 11.3 Å². The molecule has 0 aliphatic heterocycles. The number of thiophene rings is 1. The summed E-state index contributed by atoms with van der Waals surface area (Å²) in [5.41, 5.74) is 1.99. The predicted octanol–water partition coefficient (Wildman–Crippen LogP) is 4.78. The molecule has 0 saturated heterocycles. The number of nitrogens with zero attached hydrogens (tertiary/aromatic N) is 2. The second-order valence-corrected chi connectivity index (χ2v) is 8.67. The number of ether oxygens (including phenoxy) is 1. The van der Waals surface area contributed by atoms with E-state index in [1.54, 1.807) is 40.4 Å². The molecule has 0 fully saturated rings. The summed E-state index contributed by atoms with van der Waals surface area (Å²) >= 11 is 1.61. The summed E-state index contributed by atoms with van der Waals surface area (Å²) in [7, 11) is 1.63. The number of amides is 2. The van der Waals surface area contributed by atoms with Gasteiger partial charge in [-0.3, -0.25) is 9.59 Å². The molecule has 1 aromatic heterocycles. The Balaban J connectivity index is 2.16. The molecule has 0 aliphatic rings. The van der Waals surface area contributed by atoms with E-state index in [0.717, 1.165) is 28.8 Å². The van der Waals surface area contributed by atoms with Crippen LogP contribution in [0.3, 0.4) is 0 Å². The normalized spacial score (nSPS) is 10.8. The van der Waals surface area contributed by atoms with Crippen LogP contribution in [0.25, 0.3) is 0 Å². The van der Waals surface area contributed by atoms with E-state index in [9.17, 15) is 14.0 Å². The Kier molecular flexibility index (Phi) is 10.7. The first kappa shape index (κ1) is 25.0. The zero-order valence-corrected chi connectivity index (χ0v) is 19.5. The molecule has 0 aliphatic carbocycles. The molecule has 2 amide bonds. The Bertz CT molecular complexity index is 822. The molecule has 2 aromatic rings. The van der Waals surface area contributed by atoms with E-state index in [-0.39, 0.29) is 24.2 Å². The Hall–Kier alpha value is -2.25. The molecule has 0 spiro atoms. The molecule has 0 bridgehead atoms. The van der Waals surface area contributed by atoms with Crippen molar-refractivity contribution in [1.82, 2.24) is 9.80 Å². The lowest BCUT2D eigenvalue weighted by atomic mass is 10.2. The van der Waals surface area contributed by atoms with Crippen molar-refractivity contribution in [1.29, 1.82) is 0 Å². The number of methoxy groups -OCH3 is 1. The van der Waals surface area contributed by atoms with Crippen molar-refractivity contribution in [2.75, 3.05) is 26.8 Å². The number of halogens is 1. The number of hydrogen-bond acceptors (Lipinski definition) is 4. The number of aryl methyl sites for hydroxylation is 1. The number of unbranched alkanes of at least 4 members (excludes halogenated alkanes) is 1. The number of rotatable bonds is 13. The first-order valence-corrected chi connectivity index (χ1v) is 11.6. The summed E-state index contributed by atoms with van der Waals surface area (Å²) in [5, 5.41) is 2.01. The largest absolute Gasteiger partial charge is 0.385 e. The van der Waals surface area contributed by atoms with E-state index in [0.29, 0.717) is 39.1 Å². The Morgan fingerprint density at radius 1 is 1.03 bits per heavy atom. The maximum absolute atomic E-state index is 13.3. The van der Waals surface area contributed by atoms with Crippen LogP contribution in [0, 0.1) is 12.7 Å². The zero-order chi connectivity index (χ0) is 22.6. The van der Waals surface area contributed by atoms with Crippen LogP contribution in [0.2, 0.25) is 0 Å². The third kappa shape index (κ3) is 8.42. The third-order valence-corrected chi connectivity index (χ3v) is 6.15. The van der Waals surface area contributed by atoms with E-state index in [1.165, 1.54) is 12.1 Å². The fourth-order valence-corrected chi connectivity index (χ4v) is 4.14. The molecule has 0 radical (unpaired) electrons. The fourth-order valence-electron chi connectivity index (χ4n) is 3.22. The molecule has 0 atom stereocenters. The highest BCUT2D eigenvalue weighted by atomic mass is 32.1. The second kappa shape index (κ2) is 13.2. The first-order chi connectivity index (χ1) is 14.9. The van der Waals surface area contributed by atoms with Crippen molar-refractivity contribution in [2.45, 2.75) is 52.6 Å². The van der Waals surface area contributed by atoms with Crippen molar-refractivity contribution < 1.29 is 18.7 Å². The molecular formula is C24H33FN2O3S. The van der Waals surface area contributed by atoms with Crippen molar-refractivity contribution in [2.24, 2.45) is 0 Å². The standard InChI is InChI=1S/C24H33FN2O3S/c1-4-5-7-23(28)26(13-6-14-30-3)18-24(29)27(17-22-19(2)12-15-31-22)16-20-8-10-21(25)11-9-20/h8-12,15H,4-7,13-14,16-18H2,1-3H3. The van der Waals surface area contributed by atoms with Gasteiger partial charge in [0.2, 0.25) is 11.8 Å². The van der Waals surface area contributed by atoms with Crippen molar-refractivity contribution in [3.63, 3.8) is 0 Å². The van der Waals surface area contributed by atoms with Gasteiger partial charge in [-0.2, -0.15) is 0 Å². The summed E-state index contributed by atoms with van der Waals surface area (Å²) in [6, 6.07) is 8.23. The molecule has 0 unspecified atom stereocenters. The van der Waals surface area contributed by atoms with Crippen LogP contribution in [0.15, 0.2) is 35.7 Å². The minimum atomic E-state index is -0.304. The summed E-state index contributed by atoms with van der Waals surface area (Å²) in [6.45, 7) is 5.97. The summed E-state index contributed by atoms with van der Waals surface area (Å²) in [6.07, 6.45) is 2.86. The highest BCUT2D eigenvalue weighted by Crippen LogP contribution is 2.20. The Morgan fingerprint density at radius 2 is 1.77 bits per heavy atom. The van der Waals surface area contributed by atoms with E-state index in [4.69, 9.17) is 4.74 Å².